The van der Waals surface area contributed by atoms with Crippen molar-refractivity contribution >= 4 is 5.78 Å². The highest BCUT2D eigenvalue weighted by Gasteiger charge is 1.98. The highest BCUT2D eigenvalue weighted by molar-refractivity contribution is 5.89. The second-order valence-corrected chi connectivity index (χ2v) is 3.21. The summed E-state index contributed by atoms with van der Waals surface area (Å²) in [5.74, 6) is 0.898. The van der Waals surface area contributed by atoms with E-state index >= 15 is 0 Å². The van der Waals surface area contributed by atoms with Gasteiger partial charge >= 0.3 is 0 Å². The molecule has 0 N–H and O–H groups in total. The first-order chi connectivity index (χ1) is 5.16. The van der Waals surface area contributed by atoms with Gasteiger partial charge in [-0.2, -0.15) is 0 Å². The second-order valence-electron chi connectivity index (χ2n) is 3.21. The molecule has 0 aliphatic rings. The van der Waals surface area contributed by atoms with Gasteiger partial charge in [-0.15, -0.1) is 0 Å². The van der Waals surface area contributed by atoms with E-state index in [1.165, 1.54) is 0 Å². The average molecular weight is 154 g/mol. The number of carbonyl (C=O) groups excluding carboxylic acids is 1. The van der Waals surface area contributed by atoms with Crippen molar-refractivity contribution in [2.24, 2.45) is 5.92 Å². The minimum atomic E-state index is 0.264. The third kappa shape index (κ3) is 7.31. The Morgan fingerprint density at radius 1 is 1.45 bits per heavy atom. The largest absolute Gasteiger partial charge is 0.295 e. The molecule has 0 aliphatic carbocycles. The lowest BCUT2D eigenvalue weighted by Crippen LogP contribution is -1.95. The van der Waals surface area contributed by atoms with Gasteiger partial charge in [-0.1, -0.05) is 26.8 Å². The lowest BCUT2D eigenvalue weighted by Gasteiger charge is -1.99. The van der Waals surface area contributed by atoms with Crippen molar-refractivity contribution in [2.45, 2.75) is 40.0 Å². The molecule has 11 heavy (non-hydrogen) atoms. The molecule has 0 fully saturated rings. The first-order valence-corrected chi connectivity index (χ1v) is 4.36. The van der Waals surface area contributed by atoms with Gasteiger partial charge in [-0.25, -0.2) is 0 Å². The molecular formula is C10H18O. The molecule has 0 amide bonds. The van der Waals surface area contributed by atoms with Crippen LogP contribution in [0, 0.1) is 5.92 Å². The van der Waals surface area contributed by atoms with Crippen molar-refractivity contribution in [2.75, 3.05) is 0 Å². The Morgan fingerprint density at radius 2 is 2.09 bits per heavy atom. The van der Waals surface area contributed by atoms with Crippen molar-refractivity contribution in [1.82, 2.24) is 0 Å². The molecule has 64 valence electrons. The lowest BCUT2D eigenvalue weighted by molar-refractivity contribution is -0.114. The third-order valence-corrected chi connectivity index (χ3v) is 1.51. The van der Waals surface area contributed by atoms with Gasteiger partial charge < -0.3 is 0 Å². The van der Waals surface area contributed by atoms with Crippen LogP contribution in [0.4, 0.5) is 0 Å². The summed E-state index contributed by atoms with van der Waals surface area (Å²) in [5.41, 5.74) is 0. The summed E-state index contributed by atoms with van der Waals surface area (Å²) in [4.78, 5) is 11.0. The van der Waals surface area contributed by atoms with E-state index in [9.17, 15) is 4.79 Å². The maximum atomic E-state index is 11.0. The summed E-state index contributed by atoms with van der Waals surface area (Å²) in [6.07, 6.45) is 6.28. The van der Waals surface area contributed by atoms with Gasteiger partial charge in [-0.05, 0) is 24.8 Å². The monoisotopic (exact) mass is 154 g/mol. The second kappa shape index (κ2) is 6.14. The van der Waals surface area contributed by atoms with E-state index in [1.54, 1.807) is 6.08 Å². The molecule has 0 bridgehead atoms. The Labute approximate surface area is 69.5 Å². The van der Waals surface area contributed by atoms with Crippen molar-refractivity contribution in [3.8, 4) is 0 Å². The number of ketones is 1. The fraction of sp³-hybridized carbons (Fsp3) is 0.700. The SMILES string of the molecule is CC/C=C/C(=O)CCC(C)C. The molecule has 0 aromatic rings. The predicted octanol–water partition coefficient (Wildman–Crippen LogP) is 2.96. The normalized spacial score (nSPS) is 11.3. The van der Waals surface area contributed by atoms with Crippen LogP contribution in [0.25, 0.3) is 0 Å². The van der Waals surface area contributed by atoms with E-state index in [2.05, 4.69) is 13.8 Å². The number of hydrogen-bond acceptors (Lipinski definition) is 1. The maximum absolute atomic E-state index is 11.0. The molecule has 0 aliphatic heterocycles. The van der Waals surface area contributed by atoms with E-state index in [1.807, 2.05) is 13.0 Å². The summed E-state index contributed by atoms with van der Waals surface area (Å²) in [7, 11) is 0. The van der Waals surface area contributed by atoms with E-state index in [0.717, 1.165) is 12.8 Å². The van der Waals surface area contributed by atoms with Gasteiger partial charge in [-0.3, -0.25) is 4.79 Å². The molecule has 0 rings (SSSR count). The minimum absolute atomic E-state index is 0.264. The van der Waals surface area contributed by atoms with Crippen LogP contribution >= 0.6 is 0 Å². The van der Waals surface area contributed by atoms with Gasteiger partial charge in [0.1, 0.15) is 0 Å². The Kier molecular flexibility index (Phi) is 5.81. The molecule has 0 aromatic heterocycles. The van der Waals surface area contributed by atoms with Crippen molar-refractivity contribution in [3.05, 3.63) is 12.2 Å². The highest BCUT2D eigenvalue weighted by Crippen LogP contribution is 2.04. The van der Waals surface area contributed by atoms with Crippen LogP contribution in [0.15, 0.2) is 12.2 Å². The van der Waals surface area contributed by atoms with Gasteiger partial charge in [0.15, 0.2) is 5.78 Å². The zero-order chi connectivity index (χ0) is 8.69. The molecule has 1 nitrogen and oxygen atoms in total. The molecule has 0 saturated carbocycles. The standard InChI is InChI=1S/C10H18O/c1-4-5-6-10(11)8-7-9(2)3/h5-6,9H,4,7-8H2,1-3H3/b6-5+. The minimum Gasteiger partial charge on any atom is -0.295 e. The quantitative estimate of drug-likeness (QED) is 0.556. The molecular weight excluding hydrogens is 136 g/mol. The summed E-state index contributed by atoms with van der Waals surface area (Å²) in [6, 6.07) is 0. The van der Waals surface area contributed by atoms with E-state index in [-0.39, 0.29) is 5.78 Å². The summed E-state index contributed by atoms with van der Waals surface area (Å²) in [5, 5.41) is 0. The topological polar surface area (TPSA) is 17.1 Å². The number of hydrogen-bond donors (Lipinski definition) is 0. The Morgan fingerprint density at radius 3 is 2.55 bits per heavy atom. The van der Waals surface area contributed by atoms with E-state index in [4.69, 9.17) is 0 Å². The smallest absolute Gasteiger partial charge is 0.155 e. The predicted molar refractivity (Wildman–Crippen MR) is 48.5 cm³/mol. The van der Waals surface area contributed by atoms with E-state index in [0.29, 0.717) is 12.3 Å². The van der Waals surface area contributed by atoms with Crippen LogP contribution in [0.2, 0.25) is 0 Å². The zero-order valence-corrected chi connectivity index (χ0v) is 7.76. The maximum Gasteiger partial charge on any atom is 0.155 e. The van der Waals surface area contributed by atoms with E-state index < -0.39 is 0 Å². The van der Waals surface area contributed by atoms with Crippen LogP contribution in [0.1, 0.15) is 40.0 Å². The van der Waals surface area contributed by atoms with Crippen LogP contribution in [0.5, 0.6) is 0 Å². The number of rotatable bonds is 5. The summed E-state index contributed by atoms with van der Waals surface area (Å²) >= 11 is 0. The van der Waals surface area contributed by atoms with Gasteiger partial charge in [0.2, 0.25) is 0 Å². The number of allylic oxidation sites excluding steroid dienone is 2. The average Bonchev–Trinajstić information content (AvgIpc) is 1.97. The number of carbonyl (C=O) groups is 1. The zero-order valence-electron chi connectivity index (χ0n) is 7.76. The molecule has 0 spiro atoms. The lowest BCUT2D eigenvalue weighted by atomic mass is 10.1. The first kappa shape index (κ1) is 10.4. The molecule has 0 atom stereocenters. The van der Waals surface area contributed by atoms with Gasteiger partial charge in [0.25, 0.3) is 0 Å². The Bertz CT molecular complexity index is 134. The van der Waals surface area contributed by atoms with Crippen molar-refractivity contribution in [3.63, 3.8) is 0 Å². The van der Waals surface area contributed by atoms with Crippen molar-refractivity contribution < 1.29 is 4.79 Å². The van der Waals surface area contributed by atoms with Crippen molar-refractivity contribution in [1.29, 1.82) is 0 Å². The molecule has 0 heterocycles. The van der Waals surface area contributed by atoms with Gasteiger partial charge in [0, 0.05) is 6.42 Å². The van der Waals surface area contributed by atoms with Crippen LogP contribution < -0.4 is 0 Å². The Balaban J connectivity index is 3.45. The van der Waals surface area contributed by atoms with Crippen LogP contribution in [-0.4, -0.2) is 5.78 Å². The Hall–Kier alpha value is -0.590. The molecule has 0 aromatic carbocycles. The summed E-state index contributed by atoms with van der Waals surface area (Å²) in [6.45, 7) is 6.31. The molecule has 0 radical (unpaired) electrons. The van der Waals surface area contributed by atoms with Crippen LogP contribution in [-0.2, 0) is 4.79 Å². The fourth-order valence-electron chi connectivity index (χ4n) is 0.764. The molecule has 0 saturated heterocycles. The third-order valence-electron chi connectivity index (χ3n) is 1.51. The summed E-state index contributed by atoms with van der Waals surface area (Å²) < 4.78 is 0. The molecule has 1 heteroatoms. The highest BCUT2D eigenvalue weighted by atomic mass is 16.1. The fourth-order valence-corrected chi connectivity index (χ4v) is 0.764. The molecule has 0 unspecified atom stereocenters. The first-order valence-electron chi connectivity index (χ1n) is 4.36. The van der Waals surface area contributed by atoms with Crippen LogP contribution in [0.3, 0.4) is 0 Å². The van der Waals surface area contributed by atoms with Gasteiger partial charge in [0.05, 0.1) is 0 Å².